The van der Waals surface area contributed by atoms with Gasteiger partial charge in [-0.1, -0.05) is 152 Å². The highest BCUT2D eigenvalue weighted by atomic mass is 15.0. The van der Waals surface area contributed by atoms with Crippen molar-refractivity contribution < 1.29 is 0 Å². The fraction of sp³-hybridized carbons (Fsp3) is 0. The van der Waals surface area contributed by atoms with Crippen LogP contribution in [-0.4, -0.2) is 19.1 Å². The fourth-order valence-electron chi connectivity index (χ4n) is 8.43. The fourth-order valence-corrected chi connectivity index (χ4v) is 8.43. The Kier molecular flexibility index (Phi) is 7.46. The summed E-state index contributed by atoms with van der Waals surface area (Å²) in [6.45, 7) is 0. The highest BCUT2D eigenvalue weighted by Gasteiger charge is 2.23. The Morgan fingerprint density at radius 1 is 0.339 bits per heavy atom. The highest BCUT2D eigenvalue weighted by Crippen LogP contribution is 2.43. The third kappa shape index (κ3) is 5.15. The van der Waals surface area contributed by atoms with Crippen LogP contribution in [0.5, 0.6) is 0 Å². The minimum atomic E-state index is 0.673. The topological polar surface area (TPSA) is 35.6 Å². The summed E-state index contributed by atoms with van der Waals surface area (Å²) in [4.78, 5) is 10.7. The molecular formula is C52H34N4. The molecule has 0 spiro atoms. The second-order valence-electron chi connectivity index (χ2n) is 14.2. The van der Waals surface area contributed by atoms with Gasteiger partial charge in [0.2, 0.25) is 0 Å². The smallest absolute Gasteiger partial charge is 0.162 e. The second kappa shape index (κ2) is 13.1. The van der Waals surface area contributed by atoms with Crippen LogP contribution in [0.4, 0.5) is 0 Å². The van der Waals surface area contributed by atoms with Crippen LogP contribution in [0, 0.1) is 0 Å². The number of hydrogen-bond acceptors (Lipinski definition) is 2. The Hall–Kier alpha value is -7.56. The lowest BCUT2D eigenvalue weighted by Gasteiger charge is -2.16. The second-order valence-corrected chi connectivity index (χ2v) is 14.2. The predicted octanol–water partition coefficient (Wildman–Crippen LogP) is 13.3. The van der Waals surface area contributed by atoms with Crippen LogP contribution in [0.1, 0.15) is 0 Å². The van der Waals surface area contributed by atoms with Gasteiger partial charge in [-0.15, -0.1) is 0 Å². The molecule has 0 radical (unpaired) electrons. The first-order chi connectivity index (χ1) is 27.8. The van der Waals surface area contributed by atoms with Gasteiger partial charge in [-0.25, -0.2) is 9.97 Å². The van der Waals surface area contributed by atoms with Gasteiger partial charge < -0.3 is 9.13 Å². The van der Waals surface area contributed by atoms with E-state index in [0.717, 1.165) is 61.6 Å². The molecule has 3 heterocycles. The first kappa shape index (κ1) is 31.9. The first-order valence-electron chi connectivity index (χ1n) is 19.0. The van der Waals surface area contributed by atoms with E-state index in [9.17, 15) is 0 Å². The normalized spacial score (nSPS) is 11.6. The maximum Gasteiger partial charge on any atom is 0.162 e. The van der Waals surface area contributed by atoms with Crippen molar-refractivity contribution in [2.24, 2.45) is 0 Å². The number of benzene rings is 8. The molecule has 262 valence electrons. The van der Waals surface area contributed by atoms with Crippen molar-refractivity contribution in [3.05, 3.63) is 206 Å². The number of para-hydroxylation sites is 4. The molecule has 0 aliphatic rings. The summed E-state index contributed by atoms with van der Waals surface area (Å²) in [6, 6.07) is 73.0. The summed E-state index contributed by atoms with van der Waals surface area (Å²) in [6.07, 6.45) is 0. The summed E-state index contributed by atoms with van der Waals surface area (Å²) in [5.74, 6) is 0.673. The number of fused-ring (bicyclic) bond motifs is 7. The molecular weight excluding hydrogens is 681 g/mol. The van der Waals surface area contributed by atoms with E-state index in [2.05, 4.69) is 209 Å². The van der Waals surface area contributed by atoms with Crippen molar-refractivity contribution in [2.75, 3.05) is 0 Å². The molecule has 0 atom stereocenters. The van der Waals surface area contributed by atoms with Gasteiger partial charge in [0.1, 0.15) is 0 Å². The molecule has 4 nitrogen and oxygen atoms in total. The van der Waals surface area contributed by atoms with Crippen LogP contribution >= 0.6 is 0 Å². The van der Waals surface area contributed by atoms with E-state index < -0.39 is 0 Å². The maximum atomic E-state index is 5.39. The van der Waals surface area contributed by atoms with Gasteiger partial charge >= 0.3 is 0 Å². The lowest BCUT2D eigenvalue weighted by Crippen LogP contribution is -2.02. The molecule has 0 aliphatic heterocycles. The Morgan fingerprint density at radius 2 is 0.911 bits per heavy atom. The average molecular weight is 715 g/mol. The summed E-state index contributed by atoms with van der Waals surface area (Å²) >= 11 is 0. The zero-order chi connectivity index (χ0) is 37.0. The van der Waals surface area contributed by atoms with Crippen molar-refractivity contribution in [1.82, 2.24) is 19.1 Å². The molecule has 0 N–H and O–H groups in total. The lowest BCUT2D eigenvalue weighted by molar-refractivity contribution is 1.14. The number of nitrogens with zero attached hydrogens (tertiary/aromatic N) is 4. The van der Waals surface area contributed by atoms with Crippen molar-refractivity contribution >= 4 is 43.6 Å². The molecule has 11 rings (SSSR count). The van der Waals surface area contributed by atoms with Gasteiger partial charge in [0, 0.05) is 43.9 Å². The first-order valence-corrected chi connectivity index (χ1v) is 19.0. The molecule has 3 aromatic heterocycles. The average Bonchev–Trinajstić information content (AvgIpc) is 3.80. The molecule has 8 aromatic carbocycles. The van der Waals surface area contributed by atoms with Crippen molar-refractivity contribution in [3.63, 3.8) is 0 Å². The Balaban J connectivity index is 1.20. The van der Waals surface area contributed by atoms with E-state index in [1.165, 1.54) is 32.6 Å². The minimum absolute atomic E-state index is 0.673. The quantitative estimate of drug-likeness (QED) is 0.172. The molecule has 0 unspecified atom stereocenters. The minimum Gasteiger partial charge on any atom is -0.309 e. The Bertz CT molecular complexity index is 3230. The van der Waals surface area contributed by atoms with Crippen LogP contribution in [0.2, 0.25) is 0 Å². The monoisotopic (exact) mass is 714 g/mol. The molecule has 4 heteroatoms. The highest BCUT2D eigenvalue weighted by molar-refractivity contribution is 6.26. The molecule has 0 saturated heterocycles. The van der Waals surface area contributed by atoms with Gasteiger partial charge in [-0.05, 0) is 65.7 Å². The lowest BCUT2D eigenvalue weighted by atomic mass is 10.0. The molecule has 0 saturated carbocycles. The zero-order valence-electron chi connectivity index (χ0n) is 30.4. The van der Waals surface area contributed by atoms with Gasteiger partial charge in [-0.2, -0.15) is 0 Å². The van der Waals surface area contributed by atoms with Gasteiger partial charge in [0.05, 0.1) is 39.1 Å². The van der Waals surface area contributed by atoms with E-state index in [-0.39, 0.29) is 0 Å². The molecule has 11 aromatic rings. The number of hydrogen-bond donors (Lipinski definition) is 0. The summed E-state index contributed by atoms with van der Waals surface area (Å²) in [5.41, 5.74) is 13.9. The summed E-state index contributed by atoms with van der Waals surface area (Å²) in [5, 5.41) is 4.83. The standard InChI is InChI=1S/C52H34N4/c1-4-17-35(18-5-1)37-21-16-22-38(33-37)45-34-44(36-19-6-2-7-20-36)53-52(54-45)43-27-12-15-30-48(43)56-46-28-13-10-25-40(46)41-31-32-49-50(51(41)56)42-26-11-14-29-47(42)55(49)39-23-8-3-9-24-39/h1-34H. The van der Waals surface area contributed by atoms with Crippen LogP contribution in [0.15, 0.2) is 206 Å². The molecule has 56 heavy (non-hydrogen) atoms. The summed E-state index contributed by atoms with van der Waals surface area (Å²) < 4.78 is 4.83. The molecule has 0 fully saturated rings. The number of aromatic nitrogens is 4. The van der Waals surface area contributed by atoms with Crippen LogP contribution in [0.3, 0.4) is 0 Å². The zero-order valence-corrected chi connectivity index (χ0v) is 30.4. The molecule has 0 aliphatic carbocycles. The van der Waals surface area contributed by atoms with E-state index in [1.807, 2.05) is 6.07 Å². The van der Waals surface area contributed by atoms with Gasteiger partial charge in [0.25, 0.3) is 0 Å². The summed E-state index contributed by atoms with van der Waals surface area (Å²) in [7, 11) is 0. The maximum absolute atomic E-state index is 5.39. The van der Waals surface area contributed by atoms with Crippen LogP contribution in [0.25, 0.3) is 100 Å². The third-order valence-electron chi connectivity index (χ3n) is 10.9. The van der Waals surface area contributed by atoms with E-state index >= 15 is 0 Å². The van der Waals surface area contributed by atoms with Crippen molar-refractivity contribution in [3.8, 4) is 56.4 Å². The SMILES string of the molecule is c1ccc(-c2cccc(-c3cc(-c4ccccc4)nc(-c4ccccc4-n4c5ccccc5c5ccc6c(c7ccccc7n6-c6ccccc6)c54)n3)c2)cc1. The van der Waals surface area contributed by atoms with Gasteiger partial charge in [-0.3, -0.25) is 0 Å². The van der Waals surface area contributed by atoms with Crippen LogP contribution in [-0.2, 0) is 0 Å². The van der Waals surface area contributed by atoms with E-state index in [4.69, 9.17) is 9.97 Å². The van der Waals surface area contributed by atoms with E-state index in [0.29, 0.717) is 5.82 Å². The predicted molar refractivity (Wildman–Crippen MR) is 232 cm³/mol. The van der Waals surface area contributed by atoms with E-state index in [1.54, 1.807) is 0 Å². The van der Waals surface area contributed by atoms with Gasteiger partial charge in [0.15, 0.2) is 5.82 Å². The van der Waals surface area contributed by atoms with Crippen LogP contribution < -0.4 is 0 Å². The largest absolute Gasteiger partial charge is 0.309 e. The van der Waals surface area contributed by atoms with Crippen molar-refractivity contribution in [1.29, 1.82) is 0 Å². The Morgan fingerprint density at radius 3 is 1.68 bits per heavy atom. The third-order valence-corrected chi connectivity index (χ3v) is 10.9. The molecule has 0 bridgehead atoms. The Labute approximate surface area is 324 Å². The molecule has 0 amide bonds. The number of rotatable bonds is 6. The van der Waals surface area contributed by atoms with Crippen molar-refractivity contribution in [2.45, 2.75) is 0 Å².